The number of nitrogens with zero attached hydrogens (tertiary/aromatic N) is 3. The second-order valence-corrected chi connectivity index (χ2v) is 5.86. The molecule has 0 saturated heterocycles. The first-order valence-corrected chi connectivity index (χ1v) is 8.73. The van der Waals surface area contributed by atoms with Crippen LogP contribution in [0.4, 0.5) is 17.6 Å². The quantitative estimate of drug-likeness (QED) is 0.475. The Hall–Kier alpha value is -3.70. The third kappa shape index (κ3) is 5.90. The highest BCUT2D eigenvalue weighted by Crippen LogP contribution is 2.23. The molecule has 166 valence electrons. The Labute approximate surface area is 173 Å². The van der Waals surface area contributed by atoms with Gasteiger partial charge in [0.15, 0.2) is 17.1 Å². The molecule has 0 aliphatic carbocycles. The first-order chi connectivity index (χ1) is 14.6. The zero-order chi connectivity index (χ0) is 23.2. The fraction of sp³-hybridized carbons (Fsp3) is 0.263. The molecule has 0 radical (unpaired) electrons. The Balaban J connectivity index is 0.000000423. The Bertz CT molecular complexity index is 1080. The third-order valence-electron chi connectivity index (χ3n) is 3.70. The fourth-order valence-corrected chi connectivity index (χ4v) is 2.38. The summed E-state index contributed by atoms with van der Waals surface area (Å²) in [7, 11) is 0. The van der Waals surface area contributed by atoms with Crippen LogP contribution in [0.15, 0.2) is 36.7 Å². The zero-order valence-electron chi connectivity index (χ0n) is 16.3. The van der Waals surface area contributed by atoms with Crippen LogP contribution >= 0.6 is 0 Å². The van der Waals surface area contributed by atoms with Crippen LogP contribution in [-0.2, 0) is 16.1 Å². The molecule has 31 heavy (non-hydrogen) atoms. The van der Waals surface area contributed by atoms with Crippen LogP contribution in [0, 0.1) is 12.7 Å². The summed E-state index contributed by atoms with van der Waals surface area (Å²) < 4.78 is 57.7. The van der Waals surface area contributed by atoms with Gasteiger partial charge in [0.05, 0.1) is 12.3 Å². The van der Waals surface area contributed by atoms with E-state index in [1.54, 1.807) is 36.6 Å². The number of aryl methyl sites for hydroxylation is 1. The summed E-state index contributed by atoms with van der Waals surface area (Å²) in [6.45, 7) is 3.71. The molecule has 3 aromatic rings. The summed E-state index contributed by atoms with van der Waals surface area (Å²) in [4.78, 5) is 29.3. The van der Waals surface area contributed by atoms with Gasteiger partial charge in [0.2, 0.25) is 0 Å². The number of pyridine rings is 2. The molecular weight excluding hydrogens is 426 g/mol. The minimum absolute atomic E-state index is 0.0347. The van der Waals surface area contributed by atoms with Gasteiger partial charge in [-0.15, -0.1) is 0 Å². The van der Waals surface area contributed by atoms with E-state index in [2.05, 4.69) is 9.97 Å². The second-order valence-electron chi connectivity index (χ2n) is 5.86. The number of hydrogen-bond acceptors (Lipinski definition) is 6. The Morgan fingerprint density at radius 2 is 1.90 bits per heavy atom. The third-order valence-corrected chi connectivity index (χ3v) is 3.70. The van der Waals surface area contributed by atoms with Crippen LogP contribution in [0.5, 0.6) is 5.75 Å². The highest BCUT2D eigenvalue weighted by atomic mass is 19.4. The number of aromatic nitrogens is 3. The number of ether oxygens (including phenoxy) is 2. The van der Waals surface area contributed by atoms with E-state index < -0.39 is 23.9 Å². The van der Waals surface area contributed by atoms with Crippen molar-refractivity contribution in [1.29, 1.82) is 0 Å². The molecule has 3 heterocycles. The topological polar surface area (TPSA) is 103 Å². The summed E-state index contributed by atoms with van der Waals surface area (Å²) in [5.74, 6) is -3.21. The van der Waals surface area contributed by atoms with Gasteiger partial charge in [0.1, 0.15) is 18.1 Å². The van der Waals surface area contributed by atoms with Gasteiger partial charge in [0, 0.05) is 12.4 Å². The fourth-order valence-electron chi connectivity index (χ4n) is 2.38. The van der Waals surface area contributed by atoms with Crippen molar-refractivity contribution < 1.29 is 41.7 Å². The van der Waals surface area contributed by atoms with Crippen LogP contribution in [0.2, 0.25) is 0 Å². The number of aliphatic carboxylic acids is 1. The molecule has 0 atom stereocenters. The summed E-state index contributed by atoms with van der Waals surface area (Å²) in [5, 5.41) is 7.12. The van der Waals surface area contributed by atoms with E-state index >= 15 is 0 Å². The molecule has 3 aromatic heterocycles. The van der Waals surface area contributed by atoms with E-state index in [1.165, 1.54) is 18.3 Å². The Morgan fingerprint density at radius 3 is 2.48 bits per heavy atom. The summed E-state index contributed by atoms with van der Waals surface area (Å²) in [5.41, 5.74) is 1.55. The lowest BCUT2D eigenvalue weighted by atomic mass is 10.3. The highest BCUT2D eigenvalue weighted by molar-refractivity contribution is 5.90. The SMILES string of the molecule is CCOC(=O)c1c(C)nc2c(OCc3ncccc3F)cccn12.O=C(O)C(F)(F)F. The molecule has 8 nitrogen and oxygen atoms in total. The number of rotatable bonds is 5. The van der Waals surface area contributed by atoms with E-state index in [-0.39, 0.29) is 18.9 Å². The number of fused-ring (bicyclic) bond motifs is 1. The lowest BCUT2D eigenvalue weighted by Gasteiger charge is -2.08. The van der Waals surface area contributed by atoms with E-state index in [1.807, 2.05) is 0 Å². The first-order valence-electron chi connectivity index (χ1n) is 8.73. The van der Waals surface area contributed by atoms with E-state index in [9.17, 15) is 22.4 Å². The van der Waals surface area contributed by atoms with Gasteiger partial charge in [-0.05, 0) is 38.1 Å². The average Bonchev–Trinajstić information content (AvgIpc) is 3.03. The van der Waals surface area contributed by atoms with Crippen LogP contribution in [0.1, 0.15) is 28.8 Å². The van der Waals surface area contributed by atoms with Crippen molar-refractivity contribution in [2.75, 3.05) is 6.61 Å². The average molecular weight is 443 g/mol. The molecule has 0 bridgehead atoms. The first kappa shape index (κ1) is 23.6. The smallest absolute Gasteiger partial charge is 0.483 e. The molecule has 0 fully saturated rings. The molecule has 1 N–H and O–H groups in total. The molecule has 0 spiro atoms. The molecule has 0 unspecified atom stereocenters. The maximum Gasteiger partial charge on any atom is 0.490 e. The molecule has 12 heteroatoms. The van der Waals surface area contributed by atoms with Crippen LogP contribution in [-0.4, -0.2) is 44.2 Å². The molecule has 0 aliphatic rings. The second kappa shape index (κ2) is 9.87. The van der Waals surface area contributed by atoms with E-state index in [0.29, 0.717) is 22.8 Å². The number of carboxylic acid groups (broad SMARTS) is 1. The number of hydrogen-bond donors (Lipinski definition) is 1. The van der Waals surface area contributed by atoms with Gasteiger partial charge >= 0.3 is 18.1 Å². The predicted molar refractivity (Wildman–Crippen MR) is 98.1 cm³/mol. The summed E-state index contributed by atoms with van der Waals surface area (Å²) in [6.07, 6.45) is -1.88. The van der Waals surface area contributed by atoms with Crippen molar-refractivity contribution in [2.45, 2.75) is 26.6 Å². The van der Waals surface area contributed by atoms with E-state index in [4.69, 9.17) is 19.4 Å². The highest BCUT2D eigenvalue weighted by Gasteiger charge is 2.38. The Morgan fingerprint density at radius 1 is 1.23 bits per heavy atom. The van der Waals surface area contributed by atoms with Gasteiger partial charge in [-0.1, -0.05) is 0 Å². The van der Waals surface area contributed by atoms with Crippen molar-refractivity contribution in [3.8, 4) is 5.75 Å². The lowest BCUT2D eigenvalue weighted by molar-refractivity contribution is -0.192. The number of esters is 1. The maximum absolute atomic E-state index is 13.6. The van der Waals surface area contributed by atoms with Crippen LogP contribution in [0.3, 0.4) is 0 Å². The molecule has 0 amide bonds. The van der Waals surface area contributed by atoms with Gasteiger partial charge in [-0.3, -0.25) is 9.38 Å². The minimum atomic E-state index is -5.08. The number of carbonyl (C=O) groups excluding carboxylic acids is 1. The number of alkyl halides is 3. The Kier molecular flexibility index (Phi) is 7.51. The van der Waals surface area contributed by atoms with Crippen LogP contribution in [0.25, 0.3) is 5.65 Å². The molecule has 0 saturated carbocycles. The van der Waals surface area contributed by atoms with Crippen molar-refractivity contribution in [3.63, 3.8) is 0 Å². The van der Waals surface area contributed by atoms with Gasteiger partial charge in [0.25, 0.3) is 0 Å². The summed E-state index contributed by atoms with van der Waals surface area (Å²) >= 11 is 0. The molecule has 0 aromatic carbocycles. The van der Waals surface area contributed by atoms with Gasteiger partial charge in [-0.2, -0.15) is 13.2 Å². The monoisotopic (exact) mass is 443 g/mol. The van der Waals surface area contributed by atoms with Gasteiger partial charge < -0.3 is 14.6 Å². The number of carboxylic acids is 1. The molecule has 3 rings (SSSR count). The van der Waals surface area contributed by atoms with Crippen molar-refractivity contribution >= 4 is 17.6 Å². The molecular formula is C19H17F4N3O5. The number of imidazole rings is 1. The number of carbonyl (C=O) groups is 2. The summed E-state index contributed by atoms with van der Waals surface area (Å²) in [6, 6.07) is 6.27. The standard InChI is InChI=1S/C17H16FN3O3.C2HF3O2/c1-3-23-17(22)15-11(2)20-16-14(7-5-9-21(15)16)24-10-13-12(18)6-4-8-19-13;3-2(4,5)1(6)7/h4-9H,3,10H2,1-2H3;(H,6,7). The molecule has 0 aliphatic heterocycles. The van der Waals surface area contributed by atoms with Crippen molar-refractivity contribution in [3.05, 3.63) is 59.6 Å². The zero-order valence-corrected chi connectivity index (χ0v) is 16.3. The number of halogens is 4. The predicted octanol–water partition coefficient (Wildman–Crippen LogP) is 3.57. The van der Waals surface area contributed by atoms with Crippen LogP contribution < -0.4 is 4.74 Å². The van der Waals surface area contributed by atoms with Crippen molar-refractivity contribution in [1.82, 2.24) is 14.4 Å². The lowest BCUT2D eigenvalue weighted by Crippen LogP contribution is -2.21. The largest absolute Gasteiger partial charge is 0.490 e. The minimum Gasteiger partial charge on any atom is -0.483 e. The van der Waals surface area contributed by atoms with E-state index in [0.717, 1.165) is 0 Å². The van der Waals surface area contributed by atoms with Gasteiger partial charge in [-0.25, -0.2) is 19.0 Å². The van der Waals surface area contributed by atoms with Crippen molar-refractivity contribution in [2.24, 2.45) is 0 Å². The normalized spacial score (nSPS) is 10.9. The maximum atomic E-state index is 13.6.